The average molecular weight is 282 g/mol. The zero-order valence-electron chi connectivity index (χ0n) is 8.49. The molecular formula is C11H4F6S. The maximum Gasteiger partial charge on any atom is 0.380 e. The van der Waals surface area contributed by atoms with Gasteiger partial charge in [-0.05, 0) is 17.5 Å². The van der Waals surface area contributed by atoms with Gasteiger partial charge in [0.25, 0.3) is 0 Å². The largest absolute Gasteiger partial charge is 0.380 e. The minimum atomic E-state index is -5.40. The van der Waals surface area contributed by atoms with Crippen LogP contribution in [0.5, 0.6) is 0 Å². The lowest BCUT2D eigenvalue weighted by Crippen LogP contribution is -2.43. The molecule has 0 saturated carbocycles. The molecule has 0 bridgehead atoms. The highest BCUT2D eigenvalue weighted by atomic mass is 32.1. The number of alkyl halides is 6. The maximum atomic E-state index is 13.6. The highest BCUT2D eigenvalue weighted by molar-refractivity contribution is 7.17. The first-order valence-electron chi connectivity index (χ1n) is 4.86. The Morgan fingerprint density at radius 2 is 1.50 bits per heavy atom. The molecule has 0 N–H and O–H groups in total. The van der Waals surface area contributed by atoms with Crippen LogP contribution in [0.1, 0.15) is 11.1 Å². The predicted molar refractivity (Wildman–Crippen MR) is 54.6 cm³/mol. The Kier molecular flexibility index (Phi) is 1.98. The molecule has 18 heavy (non-hydrogen) atoms. The van der Waals surface area contributed by atoms with E-state index < -0.39 is 28.9 Å². The van der Waals surface area contributed by atoms with E-state index in [1.54, 1.807) is 0 Å². The van der Waals surface area contributed by atoms with Crippen molar-refractivity contribution in [1.29, 1.82) is 0 Å². The van der Waals surface area contributed by atoms with Crippen LogP contribution in [-0.4, -0.2) is 5.92 Å². The van der Waals surface area contributed by atoms with Gasteiger partial charge in [0.05, 0.1) is 0 Å². The zero-order chi connectivity index (χ0) is 13.3. The summed E-state index contributed by atoms with van der Waals surface area (Å²) in [6, 6.07) is 2.97. The van der Waals surface area contributed by atoms with Gasteiger partial charge < -0.3 is 0 Å². The molecule has 0 spiro atoms. The van der Waals surface area contributed by atoms with Gasteiger partial charge in [-0.15, -0.1) is 11.3 Å². The lowest BCUT2D eigenvalue weighted by molar-refractivity contribution is -0.302. The van der Waals surface area contributed by atoms with Crippen molar-refractivity contribution in [3.63, 3.8) is 0 Å². The van der Waals surface area contributed by atoms with Crippen molar-refractivity contribution in [3.05, 3.63) is 34.7 Å². The number of halogens is 6. The summed E-state index contributed by atoms with van der Waals surface area (Å²) in [6.07, 6.45) is 0. The molecule has 96 valence electrons. The van der Waals surface area contributed by atoms with E-state index in [4.69, 9.17) is 0 Å². The fraction of sp³-hybridized carbons (Fsp3) is 0.273. The Hall–Kier alpha value is -1.24. The normalized spacial score (nSPS) is 23.2. The van der Waals surface area contributed by atoms with Gasteiger partial charge in [0, 0.05) is 21.2 Å². The van der Waals surface area contributed by atoms with Crippen molar-refractivity contribution in [2.24, 2.45) is 0 Å². The SMILES string of the molecule is FC1(F)c2ccc3sccc3c2C(F)(F)C1(F)F. The van der Waals surface area contributed by atoms with Crippen LogP contribution in [0.15, 0.2) is 23.6 Å². The van der Waals surface area contributed by atoms with Crippen molar-refractivity contribution >= 4 is 21.4 Å². The predicted octanol–water partition coefficient (Wildman–Crippen LogP) is 4.73. The second kappa shape index (κ2) is 3.01. The number of benzene rings is 1. The standard InChI is InChI=1S/C11H4F6S/c12-9(13)6-1-2-7-5(3-4-18-7)8(6)10(14,15)11(9,16)17/h1-4H. The zero-order valence-corrected chi connectivity index (χ0v) is 9.30. The molecule has 2 aromatic rings. The van der Waals surface area contributed by atoms with Crippen LogP contribution in [-0.2, 0) is 11.8 Å². The first-order valence-corrected chi connectivity index (χ1v) is 5.74. The lowest BCUT2D eigenvalue weighted by Gasteiger charge is -2.23. The topological polar surface area (TPSA) is 0 Å². The van der Waals surface area contributed by atoms with Gasteiger partial charge in [0.2, 0.25) is 0 Å². The molecule has 0 nitrogen and oxygen atoms in total. The van der Waals surface area contributed by atoms with Crippen LogP contribution < -0.4 is 0 Å². The monoisotopic (exact) mass is 282 g/mol. The quantitative estimate of drug-likeness (QED) is 0.612. The highest BCUT2D eigenvalue weighted by Crippen LogP contribution is 2.64. The fourth-order valence-electron chi connectivity index (χ4n) is 2.17. The molecule has 0 unspecified atom stereocenters. The van der Waals surface area contributed by atoms with E-state index in [0.717, 1.165) is 23.5 Å². The average Bonchev–Trinajstić information content (AvgIpc) is 2.77. The molecule has 1 aromatic heterocycles. The molecular weight excluding hydrogens is 278 g/mol. The van der Waals surface area contributed by atoms with Crippen molar-refractivity contribution in [1.82, 2.24) is 0 Å². The summed E-state index contributed by atoms with van der Waals surface area (Å²) in [6.45, 7) is 0. The third-order valence-corrected chi connectivity index (χ3v) is 3.96. The van der Waals surface area contributed by atoms with Gasteiger partial charge in [0.1, 0.15) is 0 Å². The summed E-state index contributed by atoms with van der Waals surface area (Å²) in [7, 11) is 0. The maximum absolute atomic E-state index is 13.6. The van der Waals surface area contributed by atoms with Crippen LogP contribution in [0.4, 0.5) is 26.3 Å². The van der Waals surface area contributed by atoms with Gasteiger partial charge >= 0.3 is 17.8 Å². The molecule has 7 heteroatoms. The summed E-state index contributed by atoms with van der Waals surface area (Å²) in [5, 5.41) is 1.16. The van der Waals surface area contributed by atoms with E-state index in [9.17, 15) is 26.3 Å². The van der Waals surface area contributed by atoms with E-state index in [1.165, 1.54) is 5.38 Å². The molecule has 1 aromatic carbocycles. The van der Waals surface area contributed by atoms with E-state index >= 15 is 0 Å². The summed E-state index contributed by atoms with van der Waals surface area (Å²) in [4.78, 5) is 0. The molecule has 0 aliphatic heterocycles. The minimum Gasteiger partial charge on any atom is -0.194 e. The van der Waals surface area contributed by atoms with Gasteiger partial charge in [-0.25, -0.2) is 0 Å². The Bertz CT molecular complexity index is 642. The number of fused-ring (bicyclic) bond motifs is 3. The fourth-order valence-corrected chi connectivity index (χ4v) is 2.96. The summed E-state index contributed by atoms with van der Waals surface area (Å²) in [5.41, 5.74) is -2.54. The number of hydrogen-bond acceptors (Lipinski definition) is 1. The smallest absolute Gasteiger partial charge is 0.194 e. The van der Waals surface area contributed by atoms with E-state index in [2.05, 4.69) is 0 Å². The Morgan fingerprint density at radius 1 is 0.833 bits per heavy atom. The van der Waals surface area contributed by atoms with Crippen LogP contribution in [0.25, 0.3) is 10.1 Å². The van der Waals surface area contributed by atoms with Gasteiger partial charge in [-0.2, -0.15) is 26.3 Å². The first kappa shape index (κ1) is 11.8. The second-order valence-corrected chi connectivity index (χ2v) is 4.99. The third kappa shape index (κ3) is 1.04. The van der Waals surface area contributed by atoms with Crippen molar-refractivity contribution in [2.45, 2.75) is 17.8 Å². The summed E-state index contributed by atoms with van der Waals surface area (Å²) < 4.78 is 80.8. The first-order chi connectivity index (χ1) is 8.21. The Labute approximate surface area is 101 Å². The van der Waals surface area contributed by atoms with Gasteiger partial charge in [-0.1, -0.05) is 6.07 Å². The molecule has 0 fully saturated rings. The molecule has 0 saturated heterocycles. The summed E-state index contributed by atoms with van der Waals surface area (Å²) in [5.74, 6) is -15.1. The Balaban J connectivity index is 2.48. The Morgan fingerprint density at radius 3 is 2.17 bits per heavy atom. The third-order valence-electron chi connectivity index (χ3n) is 3.08. The molecule has 0 radical (unpaired) electrons. The summed E-state index contributed by atoms with van der Waals surface area (Å²) >= 11 is 1.03. The minimum absolute atomic E-state index is 0.237. The number of hydrogen-bond donors (Lipinski definition) is 0. The molecule has 0 amide bonds. The van der Waals surface area contributed by atoms with Crippen LogP contribution >= 0.6 is 11.3 Å². The molecule has 1 heterocycles. The molecule has 1 aliphatic carbocycles. The number of rotatable bonds is 0. The number of thiophene rings is 1. The molecule has 3 rings (SSSR count). The molecule has 1 aliphatic rings. The second-order valence-electron chi connectivity index (χ2n) is 4.04. The highest BCUT2D eigenvalue weighted by Gasteiger charge is 2.79. The van der Waals surface area contributed by atoms with Gasteiger partial charge in [0.15, 0.2) is 0 Å². The van der Waals surface area contributed by atoms with Crippen molar-refractivity contribution in [3.8, 4) is 0 Å². The lowest BCUT2D eigenvalue weighted by atomic mass is 10.0. The van der Waals surface area contributed by atoms with E-state index in [1.807, 2.05) is 0 Å². The van der Waals surface area contributed by atoms with Crippen molar-refractivity contribution in [2.75, 3.05) is 0 Å². The van der Waals surface area contributed by atoms with E-state index in [-0.39, 0.29) is 10.1 Å². The van der Waals surface area contributed by atoms with Crippen LogP contribution in [0.2, 0.25) is 0 Å². The van der Waals surface area contributed by atoms with Gasteiger partial charge in [-0.3, -0.25) is 0 Å². The van der Waals surface area contributed by atoms with Crippen molar-refractivity contribution < 1.29 is 26.3 Å². The van der Waals surface area contributed by atoms with E-state index in [0.29, 0.717) is 6.07 Å². The van der Waals surface area contributed by atoms with Crippen LogP contribution in [0.3, 0.4) is 0 Å². The molecule has 0 atom stereocenters. The van der Waals surface area contributed by atoms with Crippen LogP contribution in [0, 0.1) is 0 Å².